The van der Waals surface area contributed by atoms with E-state index in [1.807, 2.05) is 0 Å². The Balaban J connectivity index is 1.88. The standard InChI is InChI=1S/C20H15FN2O5S/c1-11-9-17(26)18(19(27)28-11)16(25)8-7-13-10-29-20(22-13)23(12(2)24)15-6-4-3-5-14(15)21/h3-10,26H,1-2H3/b8-7+. The van der Waals surface area contributed by atoms with Crippen LogP contribution < -0.4 is 10.5 Å². The number of aromatic hydroxyl groups is 1. The first kappa shape index (κ1) is 20.2. The van der Waals surface area contributed by atoms with Gasteiger partial charge in [-0.3, -0.25) is 14.5 Å². The molecular formula is C20H15FN2O5S. The largest absolute Gasteiger partial charge is 0.507 e. The fourth-order valence-corrected chi connectivity index (χ4v) is 3.41. The highest BCUT2D eigenvalue weighted by molar-refractivity contribution is 7.14. The van der Waals surface area contributed by atoms with E-state index in [4.69, 9.17) is 4.42 Å². The molecule has 1 aromatic carbocycles. The molecule has 29 heavy (non-hydrogen) atoms. The van der Waals surface area contributed by atoms with E-state index < -0.39 is 34.4 Å². The first-order valence-corrected chi connectivity index (χ1v) is 9.22. The molecule has 148 valence electrons. The molecule has 0 aliphatic heterocycles. The highest BCUT2D eigenvalue weighted by Gasteiger charge is 2.21. The minimum absolute atomic E-state index is 0.0585. The summed E-state index contributed by atoms with van der Waals surface area (Å²) in [4.78, 5) is 41.4. The zero-order chi connectivity index (χ0) is 21.1. The summed E-state index contributed by atoms with van der Waals surface area (Å²) in [6.07, 6.45) is 2.38. The molecule has 0 aliphatic carbocycles. The van der Waals surface area contributed by atoms with Gasteiger partial charge >= 0.3 is 5.63 Å². The van der Waals surface area contributed by atoms with Gasteiger partial charge in [0.25, 0.3) is 0 Å². The summed E-state index contributed by atoms with van der Waals surface area (Å²) >= 11 is 1.08. The van der Waals surface area contributed by atoms with Crippen molar-refractivity contribution in [1.29, 1.82) is 0 Å². The van der Waals surface area contributed by atoms with Gasteiger partial charge in [-0.2, -0.15) is 0 Å². The molecule has 7 nitrogen and oxygen atoms in total. The van der Waals surface area contributed by atoms with Crippen molar-refractivity contribution in [2.75, 3.05) is 4.90 Å². The molecule has 0 unspecified atom stereocenters. The molecular weight excluding hydrogens is 399 g/mol. The van der Waals surface area contributed by atoms with Crippen molar-refractivity contribution in [3.63, 3.8) is 0 Å². The highest BCUT2D eigenvalue weighted by Crippen LogP contribution is 2.31. The topological polar surface area (TPSA) is 101 Å². The Hall–Kier alpha value is -3.59. The van der Waals surface area contributed by atoms with Crippen LogP contribution in [0.1, 0.15) is 28.7 Å². The minimum Gasteiger partial charge on any atom is -0.507 e. The number of hydrogen-bond acceptors (Lipinski definition) is 7. The van der Waals surface area contributed by atoms with Gasteiger partial charge in [0.15, 0.2) is 10.9 Å². The number of amides is 1. The van der Waals surface area contributed by atoms with Crippen molar-refractivity contribution >= 4 is 39.9 Å². The minimum atomic E-state index is -0.946. The number of thiazole rings is 1. The number of hydrogen-bond donors (Lipinski definition) is 1. The molecule has 1 N–H and O–H groups in total. The summed E-state index contributed by atoms with van der Waals surface area (Å²) in [6.45, 7) is 2.75. The number of rotatable bonds is 5. The summed E-state index contributed by atoms with van der Waals surface area (Å²) in [7, 11) is 0. The van der Waals surface area contributed by atoms with Crippen LogP contribution in [0.2, 0.25) is 0 Å². The predicted octanol–water partition coefficient (Wildman–Crippen LogP) is 3.83. The average Bonchev–Trinajstić information content (AvgIpc) is 3.09. The van der Waals surface area contributed by atoms with Gasteiger partial charge in [0, 0.05) is 18.4 Å². The lowest BCUT2D eigenvalue weighted by molar-refractivity contribution is -0.115. The first-order chi connectivity index (χ1) is 13.8. The second-order valence-electron chi connectivity index (χ2n) is 5.96. The third-order valence-corrected chi connectivity index (χ3v) is 4.66. The molecule has 0 spiro atoms. The van der Waals surface area contributed by atoms with Crippen molar-refractivity contribution in [1.82, 2.24) is 4.98 Å². The van der Waals surface area contributed by atoms with Crippen LogP contribution in [0.3, 0.4) is 0 Å². The lowest BCUT2D eigenvalue weighted by Crippen LogP contribution is -2.23. The third-order valence-electron chi connectivity index (χ3n) is 3.82. The zero-order valence-electron chi connectivity index (χ0n) is 15.4. The molecule has 0 atom stereocenters. The maximum Gasteiger partial charge on any atom is 0.351 e. The molecule has 1 amide bonds. The van der Waals surface area contributed by atoms with Crippen LogP contribution in [0, 0.1) is 12.7 Å². The van der Waals surface area contributed by atoms with Crippen molar-refractivity contribution in [3.05, 3.63) is 75.0 Å². The molecule has 0 bridgehead atoms. The summed E-state index contributed by atoms with van der Waals surface area (Å²) in [5.41, 5.74) is -1.06. The van der Waals surface area contributed by atoms with Crippen molar-refractivity contribution < 1.29 is 23.5 Å². The third kappa shape index (κ3) is 4.30. The van der Waals surface area contributed by atoms with Gasteiger partial charge in [-0.25, -0.2) is 14.2 Å². The Bertz CT molecular complexity index is 1180. The fourth-order valence-electron chi connectivity index (χ4n) is 2.56. The van der Waals surface area contributed by atoms with E-state index in [0.717, 1.165) is 22.3 Å². The predicted molar refractivity (Wildman–Crippen MR) is 106 cm³/mol. The van der Waals surface area contributed by atoms with Crippen molar-refractivity contribution in [2.24, 2.45) is 0 Å². The number of carbonyl (C=O) groups is 2. The van der Waals surface area contributed by atoms with Crippen LogP contribution in [0.4, 0.5) is 15.2 Å². The van der Waals surface area contributed by atoms with Crippen LogP contribution in [0.5, 0.6) is 5.75 Å². The van der Waals surface area contributed by atoms with Crippen LogP contribution in [0.25, 0.3) is 6.08 Å². The second-order valence-corrected chi connectivity index (χ2v) is 6.80. The molecule has 3 rings (SSSR count). The quantitative estimate of drug-likeness (QED) is 0.503. The Morgan fingerprint density at radius 1 is 1.31 bits per heavy atom. The maximum atomic E-state index is 14.1. The van der Waals surface area contributed by atoms with Gasteiger partial charge in [-0.1, -0.05) is 12.1 Å². The van der Waals surface area contributed by atoms with Crippen molar-refractivity contribution in [3.8, 4) is 5.75 Å². The van der Waals surface area contributed by atoms with Crippen molar-refractivity contribution in [2.45, 2.75) is 13.8 Å². The van der Waals surface area contributed by atoms with Gasteiger partial charge in [0.05, 0.1) is 11.4 Å². The van der Waals surface area contributed by atoms with Gasteiger partial charge < -0.3 is 9.52 Å². The number of carbonyl (C=O) groups excluding carboxylic acids is 2. The Morgan fingerprint density at radius 3 is 2.69 bits per heavy atom. The van der Waals surface area contributed by atoms with E-state index in [1.165, 1.54) is 44.2 Å². The number of ketones is 1. The lowest BCUT2D eigenvalue weighted by Gasteiger charge is -2.18. The van der Waals surface area contributed by atoms with E-state index in [-0.39, 0.29) is 16.6 Å². The number of aromatic nitrogens is 1. The molecule has 0 fully saturated rings. The SMILES string of the molecule is CC(=O)N(c1nc(/C=C/C(=O)c2c(O)cc(C)oc2=O)cs1)c1ccccc1F. The summed E-state index contributed by atoms with van der Waals surface area (Å²) < 4.78 is 18.9. The number of nitrogens with zero attached hydrogens (tertiary/aromatic N) is 2. The second kappa shape index (κ2) is 8.19. The van der Waals surface area contributed by atoms with Gasteiger partial charge in [-0.05, 0) is 31.2 Å². The summed E-state index contributed by atoms with van der Waals surface area (Å²) in [6, 6.07) is 6.97. The Kier molecular flexibility index (Phi) is 5.69. The normalized spacial score (nSPS) is 11.0. The van der Waals surface area contributed by atoms with Gasteiger partial charge in [0.1, 0.15) is 22.9 Å². The molecule has 2 heterocycles. The molecule has 0 saturated heterocycles. The summed E-state index contributed by atoms with van der Waals surface area (Å²) in [5.74, 6) is -2.07. The maximum absolute atomic E-state index is 14.1. The number of allylic oxidation sites excluding steroid dienone is 1. The molecule has 3 aromatic rings. The van der Waals surface area contributed by atoms with Crippen LogP contribution in [-0.2, 0) is 4.79 Å². The molecule has 0 radical (unpaired) electrons. The number of aryl methyl sites for hydroxylation is 1. The fraction of sp³-hybridized carbons (Fsp3) is 0.100. The molecule has 2 aromatic heterocycles. The van der Waals surface area contributed by atoms with Crippen LogP contribution in [0.15, 0.2) is 51.0 Å². The number of halogens is 1. The monoisotopic (exact) mass is 414 g/mol. The van der Waals surface area contributed by atoms with Crippen LogP contribution >= 0.6 is 11.3 Å². The van der Waals surface area contributed by atoms with E-state index in [9.17, 15) is 23.9 Å². The van der Waals surface area contributed by atoms with E-state index in [1.54, 1.807) is 11.4 Å². The number of benzene rings is 1. The van der Waals surface area contributed by atoms with Gasteiger partial charge in [-0.15, -0.1) is 11.3 Å². The molecule has 9 heteroatoms. The number of para-hydroxylation sites is 1. The summed E-state index contributed by atoms with van der Waals surface area (Å²) in [5, 5.41) is 11.6. The zero-order valence-corrected chi connectivity index (χ0v) is 16.2. The Labute approximate surface area is 168 Å². The Morgan fingerprint density at radius 2 is 2.03 bits per heavy atom. The molecule has 0 aliphatic rings. The first-order valence-electron chi connectivity index (χ1n) is 8.35. The average molecular weight is 414 g/mol. The van der Waals surface area contributed by atoms with E-state index >= 15 is 0 Å². The van der Waals surface area contributed by atoms with Gasteiger partial charge in [0.2, 0.25) is 5.91 Å². The smallest absolute Gasteiger partial charge is 0.351 e. The number of anilines is 2. The van der Waals surface area contributed by atoms with E-state index in [2.05, 4.69) is 4.98 Å². The highest BCUT2D eigenvalue weighted by atomic mass is 32.1. The lowest BCUT2D eigenvalue weighted by atomic mass is 10.1. The van der Waals surface area contributed by atoms with E-state index in [0.29, 0.717) is 5.69 Å². The van der Waals surface area contributed by atoms with Crippen LogP contribution in [-0.4, -0.2) is 21.8 Å². The molecule has 0 saturated carbocycles.